The Labute approximate surface area is 166 Å². The third-order valence-corrected chi connectivity index (χ3v) is 5.35. The molecule has 2 rings (SSSR count). The molecule has 6 nitrogen and oxygen atoms in total. The van der Waals surface area contributed by atoms with Crippen molar-refractivity contribution in [2.24, 2.45) is 5.16 Å². The van der Waals surface area contributed by atoms with Crippen molar-refractivity contribution >= 4 is 23.4 Å². The van der Waals surface area contributed by atoms with E-state index in [1.165, 1.54) is 4.90 Å². The van der Waals surface area contributed by atoms with Gasteiger partial charge in [-0.1, -0.05) is 17.3 Å². The highest BCUT2D eigenvalue weighted by Gasteiger charge is 2.35. The molecule has 0 amide bonds. The Kier molecular flexibility index (Phi) is 8.60. The second kappa shape index (κ2) is 10.7. The van der Waals surface area contributed by atoms with Crippen LogP contribution in [-0.4, -0.2) is 67.9 Å². The normalized spacial score (nSPS) is 16.2. The minimum atomic E-state index is -0.325. The summed E-state index contributed by atoms with van der Waals surface area (Å²) in [4.78, 5) is 20.6. The van der Waals surface area contributed by atoms with Crippen LogP contribution in [0.3, 0.4) is 0 Å². The van der Waals surface area contributed by atoms with Gasteiger partial charge in [0, 0.05) is 23.5 Å². The van der Waals surface area contributed by atoms with E-state index < -0.39 is 0 Å². The van der Waals surface area contributed by atoms with Crippen molar-refractivity contribution in [1.29, 1.82) is 0 Å². The van der Waals surface area contributed by atoms with Crippen molar-refractivity contribution in [3.63, 3.8) is 0 Å². The molecule has 1 aliphatic heterocycles. The van der Waals surface area contributed by atoms with Gasteiger partial charge in [0.1, 0.15) is 12.3 Å². The number of esters is 1. The summed E-state index contributed by atoms with van der Waals surface area (Å²) in [7, 11) is 0. The number of carbonyl (C=O) groups is 1. The molecular formula is C20H30N2O4S. The molecule has 1 saturated heterocycles. The van der Waals surface area contributed by atoms with Gasteiger partial charge in [0.2, 0.25) is 0 Å². The molecule has 0 saturated carbocycles. The molecule has 27 heavy (non-hydrogen) atoms. The number of nitrogens with zero attached hydrogens (tertiary/aromatic N) is 2. The van der Waals surface area contributed by atoms with Gasteiger partial charge < -0.3 is 14.3 Å². The van der Waals surface area contributed by atoms with E-state index in [9.17, 15) is 4.79 Å². The van der Waals surface area contributed by atoms with Crippen LogP contribution in [0.4, 0.5) is 0 Å². The first-order valence-corrected chi connectivity index (χ1v) is 10.5. The van der Waals surface area contributed by atoms with Gasteiger partial charge in [-0.05, 0) is 39.2 Å². The SMILES string of the molecule is CCOC(=O)CCO/N=C(\c1ccc(SC)cc1)C(C)(C)N1CCOCC1. The lowest BCUT2D eigenvalue weighted by Crippen LogP contribution is -2.54. The summed E-state index contributed by atoms with van der Waals surface area (Å²) in [5, 5.41) is 4.45. The summed E-state index contributed by atoms with van der Waals surface area (Å²) in [6.07, 6.45) is 2.24. The molecule has 1 aromatic rings. The predicted molar refractivity (Wildman–Crippen MR) is 108 cm³/mol. The Morgan fingerprint density at radius 2 is 1.93 bits per heavy atom. The van der Waals surface area contributed by atoms with Gasteiger partial charge in [-0.2, -0.15) is 0 Å². The highest BCUT2D eigenvalue weighted by molar-refractivity contribution is 7.98. The zero-order valence-electron chi connectivity index (χ0n) is 16.7. The number of thioether (sulfide) groups is 1. The van der Waals surface area contributed by atoms with Crippen LogP contribution in [0.15, 0.2) is 34.3 Å². The highest BCUT2D eigenvalue weighted by atomic mass is 32.2. The fourth-order valence-electron chi connectivity index (χ4n) is 3.01. The average molecular weight is 395 g/mol. The molecule has 1 heterocycles. The second-order valence-corrected chi connectivity index (χ2v) is 7.59. The fraction of sp³-hybridized carbons (Fsp3) is 0.600. The lowest BCUT2D eigenvalue weighted by Gasteiger charge is -2.41. The Hall–Kier alpha value is -1.57. The topological polar surface area (TPSA) is 60.4 Å². The van der Waals surface area contributed by atoms with E-state index in [0.717, 1.165) is 24.4 Å². The molecule has 0 unspecified atom stereocenters. The maximum absolute atomic E-state index is 11.5. The van der Waals surface area contributed by atoms with Crippen molar-refractivity contribution in [3.05, 3.63) is 29.8 Å². The van der Waals surface area contributed by atoms with Crippen LogP contribution in [0.25, 0.3) is 0 Å². The molecule has 1 fully saturated rings. The number of hydrogen-bond donors (Lipinski definition) is 0. The zero-order valence-corrected chi connectivity index (χ0v) is 17.5. The van der Waals surface area contributed by atoms with Crippen LogP contribution in [0.2, 0.25) is 0 Å². The predicted octanol–water partition coefficient (Wildman–Crippen LogP) is 3.19. The van der Waals surface area contributed by atoms with E-state index in [4.69, 9.17) is 14.3 Å². The first-order valence-electron chi connectivity index (χ1n) is 9.32. The molecule has 0 bridgehead atoms. The number of ether oxygens (including phenoxy) is 2. The monoisotopic (exact) mass is 394 g/mol. The summed E-state index contributed by atoms with van der Waals surface area (Å²) < 4.78 is 10.4. The van der Waals surface area contributed by atoms with Gasteiger partial charge in [0.05, 0.1) is 31.8 Å². The van der Waals surface area contributed by atoms with Crippen LogP contribution in [0.1, 0.15) is 32.8 Å². The first kappa shape index (κ1) is 21.7. The molecule has 0 N–H and O–H groups in total. The summed E-state index contributed by atoms with van der Waals surface area (Å²) in [5.41, 5.74) is 1.54. The standard InChI is InChI=1S/C20H30N2O4S/c1-5-25-18(23)10-13-26-21-19(16-6-8-17(27-4)9-7-16)20(2,3)22-11-14-24-15-12-22/h6-9H,5,10-15H2,1-4H3/b21-19+. The van der Waals surface area contributed by atoms with Gasteiger partial charge >= 0.3 is 5.97 Å². The minimum absolute atomic E-state index is 0.189. The summed E-state index contributed by atoms with van der Waals surface area (Å²) in [6, 6.07) is 8.32. The van der Waals surface area contributed by atoms with Crippen molar-refractivity contribution < 1.29 is 19.1 Å². The van der Waals surface area contributed by atoms with Crippen LogP contribution in [0.5, 0.6) is 0 Å². The van der Waals surface area contributed by atoms with Gasteiger partial charge in [0.25, 0.3) is 0 Å². The molecule has 0 aliphatic carbocycles. The summed E-state index contributed by atoms with van der Waals surface area (Å²) in [5.74, 6) is -0.272. The molecule has 1 aliphatic rings. The van der Waals surface area contributed by atoms with Gasteiger partial charge in [-0.3, -0.25) is 9.69 Å². The third kappa shape index (κ3) is 6.23. The van der Waals surface area contributed by atoms with E-state index in [1.807, 2.05) is 0 Å². The number of benzene rings is 1. The van der Waals surface area contributed by atoms with Crippen molar-refractivity contribution in [2.75, 3.05) is 45.8 Å². The summed E-state index contributed by atoms with van der Waals surface area (Å²) in [6.45, 7) is 9.78. The Balaban J connectivity index is 2.18. The van der Waals surface area contributed by atoms with Crippen molar-refractivity contribution in [3.8, 4) is 0 Å². The molecular weight excluding hydrogens is 364 g/mol. The van der Waals surface area contributed by atoms with Crippen molar-refractivity contribution in [1.82, 2.24) is 4.90 Å². The summed E-state index contributed by atoms with van der Waals surface area (Å²) >= 11 is 1.70. The quantitative estimate of drug-likeness (QED) is 0.211. The molecule has 7 heteroatoms. The largest absolute Gasteiger partial charge is 0.466 e. The average Bonchev–Trinajstić information content (AvgIpc) is 2.69. The van der Waals surface area contributed by atoms with Crippen molar-refractivity contribution in [2.45, 2.75) is 37.6 Å². The maximum atomic E-state index is 11.5. The molecule has 0 spiro atoms. The number of carbonyl (C=O) groups excluding carboxylic acids is 1. The number of oxime groups is 1. The van der Waals surface area contributed by atoms with Crippen LogP contribution >= 0.6 is 11.8 Å². The van der Waals surface area contributed by atoms with E-state index in [1.54, 1.807) is 18.7 Å². The zero-order chi connectivity index (χ0) is 19.7. The van der Waals surface area contributed by atoms with E-state index >= 15 is 0 Å². The molecule has 1 aromatic carbocycles. The lowest BCUT2D eigenvalue weighted by molar-refractivity contribution is -0.144. The fourth-order valence-corrected chi connectivity index (χ4v) is 3.42. The molecule has 150 valence electrons. The third-order valence-electron chi connectivity index (χ3n) is 4.60. The van der Waals surface area contributed by atoms with Gasteiger partial charge in [-0.25, -0.2) is 0 Å². The Morgan fingerprint density at radius 1 is 1.26 bits per heavy atom. The van der Waals surface area contributed by atoms with Crippen LogP contribution < -0.4 is 0 Å². The molecule has 0 aromatic heterocycles. The maximum Gasteiger partial charge on any atom is 0.309 e. The number of morpholine rings is 1. The van der Waals surface area contributed by atoms with Gasteiger partial charge in [-0.15, -0.1) is 11.8 Å². The van der Waals surface area contributed by atoms with E-state index in [-0.39, 0.29) is 24.5 Å². The first-order chi connectivity index (χ1) is 13.0. The van der Waals surface area contributed by atoms with Crippen LogP contribution in [0, 0.1) is 0 Å². The Bertz CT molecular complexity index is 625. The smallest absolute Gasteiger partial charge is 0.309 e. The highest BCUT2D eigenvalue weighted by Crippen LogP contribution is 2.25. The lowest BCUT2D eigenvalue weighted by atomic mass is 9.90. The molecule has 0 radical (unpaired) electrons. The second-order valence-electron chi connectivity index (χ2n) is 6.72. The van der Waals surface area contributed by atoms with Gasteiger partial charge in [0.15, 0.2) is 0 Å². The van der Waals surface area contributed by atoms with Crippen LogP contribution in [-0.2, 0) is 19.1 Å². The van der Waals surface area contributed by atoms with E-state index in [0.29, 0.717) is 19.8 Å². The minimum Gasteiger partial charge on any atom is -0.466 e. The van der Waals surface area contributed by atoms with E-state index in [2.05, 4.69) is 54.4 Å². The molecule has 0 atom stereocenters. The number of rotatable bonds is 9. The Morgan fingerprint density at radius 3 is 2.52 bits per heavy atom. The number of hydrogen-bond acceptors (Lipinski definition) is 7.